The van der Waals surface area contributed by atoms with Gasteiger partial charge in [-0.15, -0.1) is 0 Å². The number of nitrogens with one attached hydrogen (secondary N) is 1. The molecule has 0 rings (SSSR count). The van der Waals surface area contributed by atoms with Gasteiger partial charge in [0.2, 0.25) is 5.91 Å². The summed E-state index contributed by atoms with van der Waals surface area (Å²) in [5.41, 5.74) is 5.51. The van der Waals surface area contributed by atoms with Crippen LogP contribution >= 0.6 is 0 Å². The second kappa shape index (κ2) is 8.53. The standard InChI is InChI=1S/C12H27N3O/c1-5-11(9-13)12(16)14-7-6-8-15(4)10(2)3/h10-11H,5-9,13H2,1-4H3,(H,14,16). The molecule has 0 aromatic heterocycles. The predicted octanol–water partition coefficient (Wildman–Crippen LogP) is 0.818. The molecule has 0 radical (unpaired) electrons. The molecule has 4 heteroatoms. The van der Waals surface area contributed by atoms with E-state index in [1.165, 1.54) is 0 Å². The van der Waals surface area contributed by atoms with Crippen LogP contribution < -0.4 is 11.1 Å². The summed E-state index contributed by atoms with van der Waals surface area (Å²) < 4.78 is 0. The Balaban J connectivity index is 3.62. The third-order valence-corrected chi connectivity index (χ3v) is 3.02. The van der Waals surface area contributed by atoms with Crippen LogP contribution in [0.5, 0.6) is 0 Å². The maximum absolute atomic E-state index is 11.6. The highest BCUT2D eigenvalue weighted by Gasteiger charge is 2.13. The van der Waals surface area contributed by atoms with Gasteiger partial charge in [-0.3, -0.25) is 4.79 Å². The van der Waals surface area contributed by atoms with E-state index >= 15 is 0 Å². The fourth-order valence-electron chi connectivity index (χ4n) is 1.40. The molecule has 0 saturated carbocycles. The number of nitrogens with zero attached hydrogens (tertiary/aromatic N) is 1. The van der Waals surface area contributed by atoms with Gasteiger partial charge in [-0.2, -0.15) is 0 Å². The average Bonchev–Trinajstić information content (AvgIpc) is 2.25. The summed E-state index contributed by atoms with van der Waals surface area (Å²) in [6, 6.07) is 0.558. The fourth-order valence-corrected chi connectivity index (χ4v) is 1.40. The van der Waals surface area contributed by atoms with Crippen molar-refractivity contribution in [1.29, 1.82) is 0 Å². The van der Waals surface area contributed by atoms with Crippen LogP contribution in [0.15, 0.2) is 0 Å². The first-order valence-corrected chi connectivity index (χ1v) is 6.20. The first-order valence-electron chi connectivity index (χ1n) is 6.20. The van der Waals surface area contributed by atoms with E-state index in [1.807, 2.05) is 6.92 Å². The average molecular weight is 229 g/mol. The van der Waals surface area contributed by atoms with E-state index in [0.717, 1.165) is 25.9 Å². The monoisotopic (exact) mass is 229 g/mol. The van der Waals surface area contributed by atoms with Gasteiger partial charge >= 0.3 is 0 Å². The highest BCUT2D eigenvalue weighted by atomic mass is 16.1. The molecule has 1 atom stereocenters. The minimum absolute atomic E-state index is 0.0252. The molecule has 0 aliphatic carbocycles. The van der Waals surface area contributed by atoms with Crippen LogP contribution in [0, 0.1) is 5.92 Å². The Morgan fingerprint density at radius 2 is 2.06 bits per heavy atom. The van der Waals surface area contributed by atoms with Crippen LogP contribution in [0.4, 0.5) is 0 Å². The molecular formula is C12H27N3O. The van der Waals surface area contributed by atoms with Crippen molar-refractivity contribution in [3.63, 3.8) is 0 Å². The molecule has 3 N–H and O–H groups in total. The molecule has 0 saturated heterocycles. The van der Waals surface area contributed by atoms with Crippen molar-refractivity contribution in [3.05, 3.63) is 0 Å². The molecule has 0 aliphatic rings. The zero-order chi connectivity index (χ0) is 12.6. The Morgan fingerprint density at radius 1 is 1.44 bits per heavy atom. The van der Waals surface area contributed by atoms with Crippen molar-refractivity contribution in [3.8, 4) is 0 Å². The molecule has 0 aromatic rings. The van der Waals surface area contributed by atoms with Crippen LogP contribution in [-0.4, -0.2) is 43.5 Å². The molecule has 0 aromatic carbocycles. The quantitative estimate of drug-likeness (QED) is 0.606. The topological polar surface area (TPSA) is 58.4 Å². The second-order valence-electron chi connectivity index (χ2n) is 4.56. The highest BCUT2D eigenvalue weighted by Crippen LogP contribution is 1.99. The molecule has 0 bridgehead atoms. The van der Waals surface area contributed by atoms with Crippen LogP contribution in [-0.2, 0) is 4.79 Å². The van der Waals surface area contributed by atoms with E-state index in [2.05, 4.69) is 31.1 Å². The molecule has 16 heavy (non-hydrogen) atoms. The summed E-state index contributed by atoms with van der Waals surface area (Å²) in [6.45, 7) is 8.52. The number of carbonyl (C=O) groups is 1. The normalized spacial score (nSPS) is 13.2. The van der Waals surface area contributed by atoms with E-state index in [-0.39, 0.29) is 11.8 Å². The van der Waals surface area contributed by atoms with Crippen molar-refractivity contribution in [2.75, 3.05) is 26.7 Å². The smallest absolute Gasteiger partial charge is 0.224 e. The number of hydrogen-bond donors (Lipinski definition) is 2. The van der Waals surface area contributed by atoms with Crippen molar-refractivity contribution in [2.45, 2.75) is 39.7 Å². The summed E-state index contributed by atoms with van der Waals surface area (Å²) in [4.78, 5) is 13.8. The fraction of sp³-hybridized carbons (Fsp3) is 0.917. The predicted molar refractivity (Wildman–Crippen MR) is 68.2 cm³/mol. The number of hydrogen-bond acceptors (Lipinski definition) is 3. The van der Waals surface area contributed by atoms with Gasteiger partial charge in [0.1, 0.15) is 0 Å². The van der Waals surface area contributed by atoms with E-state index in [4.69, 9.17) is 5.73 Å². The van der Waals surface area contributed by atoms with Gasteiger partial charge in [0.25, 0.3) is 0 Å². The molecule has 1 unspecified atom stereocenters. The molecular weight excluding hydrogens is 202 g/mol. The SMILES string of the molecule is CCC(CN)C(=O)NCCCN(C)C(C)C. The summed E-state index contributed by atoms with van der Waals surface area (Å²) in [7, 11) is 2.10. The molecule has 0 fully saturated rings. The molecule has 0 heterocycles. The maximum atomic E-state index is 11.6. The Hall–Kier alpha value is -0.610. The lowest BCUT2D eigenvalue weighted by atomic mass is 10.1. The molecule has 96 valence electrons. The van der Waals surface area contributed by atoms with E-state index < -0.39 is 0 Å². The van der Waals surface area contributed by atoms with Gasteiger partial charge in [0.15, 0.2) is 0 Å². The molecule has 4 nitrogen and oxygen atoms in total. The van der Waals surface area contributed by atoms with Crippen LogP contribution in [0.25, 0.3) is 0 Å². The number of nitrogens with two attached hydrogens (primary N) is 1. The summed E-state index contributed by atoms with van der Waals surface area (Å²) in [5.74, 6) is 0.0695. The zero-order valence-electron chi connectivity index (χ0n) is 11.1. The molecule has 0 spiro atoms. The lowest BCUT2D eigenvalue weighted by molar-refractivity contribution is -0.124. The zero-order valence-corrected chi connectivity index (χ0v) is 11.1. The van der Waals surface area contributed by atoms with Gasteiger partial charge in [0.05, 0.1) is 0 Å². The lowest BCUT2D eigenvalue weighted by Crippen LogP contribution is -2.36. The highest BCUT2D eigenvalue weighted by molar-refractivity contribution is 5.78. The summed E-state index contributed by atoms with van der Waals surface area (Å²) >= 11 is 0. The summed E-state index contributed by atoms with van der Waals surface area (Å²) in [6.07, 6.45) is 1.80. The molecule has 0 aliphatic heterocycles. The number of rotatable bonds is 8. The van der Waals surface area contributed by atoms with Crippen molar-refractivity contribution >= 4 is 5.91 Å². The Bertz CT molecular complexity index is 191. The Labute approximate surface area is 99.6 Å². The van der Waals surface area contributed by atoms with Crippen LogP contribution in [0.2, 0.25) is 0 Å². The van der Waals surface area contributed by atoms with Crippen molar-refractivity contribution in [1.82, 2.24) is 10.2 Å². The van der Waals surface area contributed by atoms with Gasteiger partial charge in [-0.05, 0) is 40.3 Å². The Morgan fingerprint density at radius 3 is 2.50 bits per heavy atom. The van der Waals surface area contributed by atoms with E-state index in [9.17, 15) is 4.79 Å². The largest absolute Gasteiger partial charge is 0.356 e. The van der Waals surface area contributed by atoms with Gasteiger partial charge in [-0.1, -0.05) is 6.92 Å². The van der Waals surface area contributed by atoms with Gasteiger partial charge in [0, 0.05) is 25.0 Å². The van der Waals surface area contributed by atoms with Gasteiger partial charge < -0.3 is 16.0 Å². The number of carbonyl (C=O) groups excluding carboxylic acids is 1. The minimum Gasteiger partial charge on any atom is -0.356 e. The van der Waals surface area contributed by atoms with Gasteiger partial charge in [-0.25, -0.2) is 0 Å². The van der Waals surface area contributed by atoms with Crippen molar-refractivity contribution < 1.29 is 4.79 Å². The summed E-state index contributed by atoms with van der Waals surface area (Å²) in [5, 5.41) is 2.93. The molecule has 1 amide bonds. The number of amides is 1. The van der Waals surface area contributed by atoms with E-state index in [1.54, 1.807) is 0 Å². The maximum Gasteiger partial charge on any atom is 0.224 e. The first kappa shape index (κ1) is 15.4. The third-order valence-electron chi connectivity index (χ3n) is 3.02. The Kier molecular flexibility index (Phi) is 8.21. The third kappa shape index (κ3) is 6.08. The minimum atomic E-state index is -0.0252. The van der Waals surface area contributed by atoms with Crippen LogP contribution in [0.1, 0.15) is 33.6 Å². The van der Waals surface area contributed by atoms with Crippen LogP contribution in [0.3, 0.4) is 0 Å². The van der Waals surface area contributed by atoms with Crippen molar-refractivity contribution in [2.24, 2.45) is 11.7 Å². The second-order valence-corrected chi connectivity index (χ2v) is 4.56. The lowest BCUT2D eigenvalue weighted by Gasteiger charge is -2.21. The first-order chi connectivity index (χ1) is 7.52. The van der Waals surface area contributed by atoms with E-state index in [0.29, 0.717) is 12.6 Å².